The van der Waals surface area contributed by atoms with Crippen molar-refractivity contribution in [2.75, 3.05) is 19.5 Å². The van der Waals surface area contributed by atoms with Crippen LogP contribution in [0.25, 0.3) is 11.1 Å². The fourth-order valence-corrected chi connectivity index (χ4v) is 4.69. The highest BCUT2D eigenvalue weighted by molar-refractivity contribution is 6.27. The summed E-state index contributed by atoms with van der Waals surface area (Å²) in [6.07, 6.45) is 1.14. The highest BCUT2D eigenvalue weighted by Gasteiger charge is 2.38. The first-order valence-electron chi connectivity index (χ1n) is 9.93. The Hall–Kier alpha value is -3.06. The predicted octanol–water partition coefficient (Wildman–Crippen LogP) is 3.43. The zero-order valence-corrected chi connectivity index (χ0v) is 18.2. The molecule has 1 heterocycles. The lowest BCUT2D eigenvalue weighted by molar-refractivity contribution is -0.132. The van der Waals surface area contributed by atoms with Crippen molar-refractivity contribution in [1.82, 2.24) is 4.90 Å². The van der Waals surface area contributed by atoms with E-state index in [2.05, 4.69) is 0 Å². The second-order valence-corrected chi connectivity index (χ2v) is 7.82. The number of rotatable bonds is 4. The fraction of sp³-hybridized carbons (Fsp3) is 0.348. The molecule has 0 saturated carbocycles. The van der Waals surface area contributed by atoms with Crippen molar-refractivity contribution >= 4 is 29.4 Å². The number of esters is 2. The van der Waals surface area contributed by atoms with E-state index in [9.17, 15) is 14.4 Å². The zero-order chi connectivity index (χ0) is 22.3. The average Bonchev–Trinajstić information content (AvgIpc) is 2.72. The van der Waals surface area contributed by atoms with Gasteiger partial charge in [-0.05, 0) is 53.3 Å². The third-order valence-electron chi connectivity index (χ3n) is 5.62. The van der Waals surface area contributed by atoms with Crippen molar-refractivity contribution < 1.29 is 28.6 Å². The van der Waals surface area contributed by atoms with Crippen molar-refractivity contribution in [3.8, 4) is 28.4 Å². The number of nitrogens with zero attached hydrogens (tertiary/aromatic N) is 1. The topological polar surface area (TPSA) is 82.1 Å². The highest BCUT2D eigenvalue weighted by atomic mass is 35.5. The molecule has 2 aromatic carbocycles. The van der Waals surface area contributed by atoms with Crippen LogP contribution >= 0.6 is 11.6 Å². The summed E-state index contributed by atoms with van der Waals surface area (Å²) < 4.78 is 16.4. The lowest BCUT2D eigenvalue weighted by atomic mass is 9.76. The number of carbonyl (C=O) groups excluding carboxylic acids is 3. The van der Waals surface area contributed by atoms with Gasteiger partial charge in [0.25, 0.3) is 0 Å². The maximum absolute atomic E-state index is 12.6. The molecule has 2 aliphatic rings. The Morgan fingerprint density at radius 1 is 1.10 bits per heavy atom. The minimum Gasteiger partial charge on any atom is -0.493 e. The SMILES string of the molecule is COc1ccc2c(c1OC(C)=O)-c1cc(OC(C)=O)cc3c1C(C2)N(C(=O)CCl)CC3. The van der Waals surface area contributed by atoms with E-state index in [-0.39, 0.29) is 17.8 Å². The molecule has 7 nitrogen and oxygen atoms in total. The molecular formula is C23H22ClNO6. The summed E-state index contributed by atoms with van der Waals surface area (Å²) >= 11 is 5.87. The normalized spacial score (nSPS) is 16.1. The van der Waals surface area contributed by atoms with Crippen molar-refractivity contribution in [3.63, 3.8) is 0 Å². The summed E-state index contributed by atoms with van der Waals surface area (Å²) in [7, 11) is 1.51. The van der Waals surface area contributed by atoms with Gasteiger partial charge in [0.05, 0.1) is 13.2 Å². The lowest BCUT2D eigenvalue weighted by Crippen LogP contribution is -2.43. The number of benzene rings is 2. The number of carbonyl (C=O) groups is 3. The maximum atomic E-state index is 12.6. The standard InChI is InChI=1S/C23H22ClNO6/c1-12(26)30-16-8-15-6-7-25(20(28)11-24)18-9-14-4-5-19(29-3)23(31-13(2)27)22(14)17(10-16)21(15)18/h4-5,8,10,18H,6-7,9,11H2,1-3H3. The van der Waals surface area contributed by atoms with Crippen LogP contribution in [0, 0.1) is 0 Å². The molecule has 0 bridgehead atoms. The van der Waals surface area contributed by atoms with Gasteiger partial charge in [-0.25, -0.2) is 0 Å². The number of methoxy groups -OCH3 is 1. The molecule has 1 aliphatic heterocycles. The van der Waals surface area contributed by atoms with Gasteiger partial charge >= 0.3 is 11.9 Å². The Balaban J connectivity index is 1.99. The van der Waals surface area contributed by atoms with E-state index < -0.39 is 11.9 Å². The Morgan fingerprint density at radius 3 is 2.48 bits per heavy atom. The van der Waals surface area contributed by atoms with Gasteiger partial charge in [0.1, 0.15) is 11.6 Å². The zero-order valence-electron chi connectivity index (χ0n) is 17.5. The molecule has 8 heteroatoms. The van der Waals surface area contributed by atoms with Gasteiger partial charge < -0.3 is 19.1 Å². The number of ether oxygens (including phenoxy) is 3. The molecule has 1 aliphatic carbocycles. The number of halogens is 1. The molecule has 31 heavy (non-hydrogen) atoms. The first-order chi connectivity index (χ1) is 14.8. The van der Waals surface area contributed by atoms with Gasteiger partial charge in [-0.2, -0.15) is 0 Å². The minimum atomic E-state index is -0.474. The molecule has 0 radical (unpaired) electrons. The second-order valence-electron chi connectivity index (χ2n) is 7.55. The number of alkyl halides is 1. The summed E-state index contributed by atoms with van der Waals surface area (Å²) in [6.45, 7) is 3.19. The molecule has 0 saturated heterocycles. The first kappa shape index (κ1) is 21.2. The summed E-state index contributed by atoms with van der Waals surface area (Å²) in [5.74, 6) is 0.00237. The molecule has 0 N–H and O–H groups in total. The Labute approximate surface area is 184 Å². The monoisotopic (exact) mass is 443 g/mol. The van der Waals surface area contributed by atoms with Gasteiger partial charge in [0.2, 0.25) is 5.91 Å². The molecule has 4 rings (SSSR count). The van der Waals surface area contributed by atoms with Crippen LogP contribution in [0.15, 0.2) is 24.3 Å². The lowest BCUT2D eigenvalue weighted by Gasteiger charge is -2.42. The van der Waals surface area contributed by atoms with E-state index >= 15 is 0 Å². The number of fused-ring (bicyclic) bond motifs is 2. The third-order valence-corrected chi connectivity index (χ3v) is 5.85. The van der Waals surface area contributed by atoms with Crippen LogP contribution in [-0.4, -0.2) is 42.3 Å². The number of amides is 1. The molecule has 1 unspecified atom stereocenters. The predicted molar refractivity (Wildman–Crippen MR) is 114 cm³/mol. The first-order valence-corrected chi connectivity index (χ1v) is 10.5. The van der Waals surface area contributed by atoms with E-state index in [4.69, 9.17) is 25.8 Å². The van der Waals surface area contributed by atoms with E-state index in [1.807, 2.05) is 12.1 Å². The van der Waals surface area contributed by atoms with Crippen LogP contribution in [0.2, 0.25) is 0 Å². The van der Waals surface area contributed by atoms with Crippen molar-refractivity contribution in [1.29, 1.82) is 0 Å². The molecule has 2 aromatic rings. The van der Waals surface area contributed by atoms with Crippen LogP contribution < -0.4 is 14.2 Å². The van der Waals surface area contributed by atoms with E-state index in [1.54, 1.807) is 17.0 Å². The van der Waals surface area contributed by atoms with E-state index in [0.717, 1.165) is 22.3 Å². The average molecular weight is 444 g/mol. The molecule has 0 fully saturated rings. The minimum absolute atomic E-state index is 0.0964. The van der Waals surface area contributed by atoms with E-state index in [0.29, 0.717) is 42.2 Å². The summed E-state index contributed by atoms with van der Waals surface area (Å²) in [5, 5.41) is 0. The summed E-state index contributed by atoms with van der Waals surface area (Å²) in [6, 6.07) is 7.04. The number of hydrogen-bond donors (Lipinski definition) is 0. The van der Waals surface area contributed by atoms with Gasteiger partial charge in [0, 0.05) is 26.0 Å². The van der Waals surface area contributed by atoms with Crippen LogP contribution in [-0.2, 0) is 27.2 Å². The Bertz CT molecular complexity index is 1100. The van der Waals surface area contributed by atoms with Crippen molar-refractivity contribution in [2.45, 2.75) is 32.7 Å². The molecule has 162 valence electrons. The fourth-order valence-electron chi connectivity index (χ4n) is 4.54. The molecule has 0 aromatic heterocycles. The molecule has 0 spiro atoms. The van der Waals surface area contributed by atoms with Gasteiger partial charge in [-0.3, -0.25) is 14.4 Å². The highest BCUT2D eigenvalue weighted by Crippen LogP contribution is 2.52. The van der Waals surface area contributed by atoms with Crippen molar-refractivity contribution in [3.05, 3.63) is 41.0 Å². The maximum Gasteiger partial charge on any atom is 0.308 e. The molecular weight excluding hydrogens is 422 g/mol. The van der Waals surface area contributed by atoms with Crippen LogP contribution in [0.4, 0.5) is 0 Å². The van der Waals surface area contributed by atoms with Crippen LogP contribution in [0.3, 0.4) is 0 Å². The van der Waals surface area contributed by atoms with Gasteiger partial charge in [0.15, 0.2) is 11.5 Å². The van der Waals surface area contributed by atoms with E-state index in [1.165, 1.54) is 21.0 Å². The molecule has 1 atom stereocenters. The largest absolute Gasteiger partial charge is 0.493 e. The Kier molecular flexibility index (Phi) is 5.62. The Morgan fingerprint density at radius 2 is 1.84 bits per heavy atom. The van der Waals surface area contributed by atoms with Crippen LogP contribution in [0.1, 0.15) is 36.6 Å². The van der Waals surface area contributed by atoms with Gasteiger partial charge in [-0.1, -0.05) is 6.07 Å². The van der Waals surface area contributed by atoms with Crippen LogP contribution in [0.5, 0.6) is 17.2 Å². The van der Waals surface area contributed by atoms with Crippen molar-refractivity contribution in [2.24, 2.45) is 0 Å². The second kappa shape index (κ2) is 8.23. The molecule has 1 amide bonds. The quantitative estimate of drug-likeness (QED) is 0.409. The van der Waals surface area contributed by atoms with Gasteiger partial charge in [-0.15, -0.1) is 11.6 Å². The summed E-state index contributed by atoms with van der Waals surface area (Å²) in [5.41, 5.74) is 4.29. The smallest absolute Gasteiger partial charge is 0.308 e. The number of hydrogen-bond acceptors (Lipinski definition) is 6. The summed E-state index contributed by atoms with van der Waals surface area (Å²) in [4.78, 5) is 37.8. The third kappa shape index (κ3) is 3.74.